The van der Waals surface area contributed by atoms with Gasteiger partial charge in [0.25, 0.3) is 0 Å². The lowest BCUT2D eigenvalue weighted by atomic mass is 10.0. The second kappa shape index (κ2) is 4.72. The molecule has 0 aliphatic carbocycles. The van der Waals surface area contributed by atoms with Crippen LogP contribution in [0.2, 0.25) is 0 Å². The van der Waals surface area contributed by atoms with Crippen molar-refractivity contribution in [3.8, 4) is 0 Å². The average molecular weight is 297 g/mol. The topological polar surface area (TPSA) is 78.4 Å². The zero-order chi connectivity index (χ0) is 13.5. The first kappa shape index (κ1) is 12.8. The Morgan fingerprint density at radius 2 is 1.58 bits per heavy atom. The lowest BCUT2D eigenvalue weighted by Gasteiger charge is -2.14. The zero-order valence-corrected chi connectivity index (χ0v) is 11.2. The molecule has 2 aromatic carbocycles. The van der Waals surface area contributed by atoms with Crippen molar-refractivity contribution in [1.29, 1.82) is 0 Å². The molecule has 6 heteroatoms. The summed E-state index contributed by atoms with van der Waals surface area (Å²) in [6, 6.07) is 11.8. The quantitative estimate of drug-likeness (QED) is 0.735. The summed E-state index contributed by atoms with van der Waals surface area (Å²) >= 11 is 0. The molecule has 1 heterocycles. The van der Waals surface area contributed by atoms with E-state index in [0.717, 1.165) is 21.9 Å². The van der Waals surface area contributed by atoms with Gasteiger partial charge in [0, 0.05) is 10.8 Å². The van der Waals surface area contributed by atoms with Crippen molar-refractivity contribution in [3.05, 3.63) is 52.9 Å². The Morgan fingerprint density at radius 3 is 2.21 bits per heavy atom. The van der Waals surface area contributed by atoms with Gasteiger partial charge in [-0.15, -0.1) is 0 Å². The molecule has 0 saturated carbocycles. The predicted octanol–water partition coefficient (Wildman–Crippen LogP) is 0.0722. The van der Waals surface area contributed by atoms with E-state index in [1.54, 1.807) is 16.9 Å². The molecule has 2 aromatic rings. The highest BCUT2D eigenvalue weighted by Gasteiger charge is 2.22. The van der Waals surface area contributed by atoms with Crippen LogP contribution in [0, 0.1) is 10.2 Å². The molecule has 0 fully saturated rings. The molecule has 0 aromatic heterocycles. The van der Waals surface area contributed by atoms with Crippen LogP contribution in [-0.4, -0.2) is 5.37 Å². The third kappa shape index (κ3) is 2.87. The maximum Gasteiger partial charge on any atom is 0.140 e. The predicted molar refractivity (Wildman–Crippen MR) is 66.8 cm³/mol. The molecular weight excluding hydrogens is 288 g/mol. The fourth-order valence-electron chi connectivity index (χ4n) is 1.95. The van der Waals surface area contributed by atoms with Crippen molar-refractivity contribution in [2.45, 2.75) is 0 Å². The Labute approximate surface area is 114 Å². The van der Waals surface area contributed by atoms with Gasteiger partial charge < -0.3 is 0 Å². The van der Waals surface area contributed by atoms with E-state index in [1.165, 1.54) is 0 Å². The summed E-state index contributed by atoms with van der Waals surface area (Å²) in [5.41, 5.74) is 1.84. The van der Waals surface area contributed by atoms with Gasteiger partial charge >= 0.3 is 0 Å². The highest BCUT2D eigenvalue weighted by molar-refractivity contribution is 8.13. The second-order valence-corrected chi connectivity index (χ2v) is 6.44. The van der Waals surface area contributed by atoms with Crippen LogP contribution in [0.4, 0.5) is 0 Å². The number of hydrogen-bond donors (Lipinski definition) is 0. The summed E-state index contributed by atoms with van der Waals surface area (Å²) < 4.78 is 36.1. The van der Waals surface area contributed by atoms with E-state index in [1.807, 2.05) is 36.4 Å². The van der Waals surface area contributed by atoms with Crippen LogP contribution in [0.15, 0.2) is 41.8 Å². The van der Waals surface area contributed by atoms with Crippen molar-refractivity contribution in [2.24, 2.45) is 0 Å². The molecule has 1 unspecified atom stereocenters. The molecule has 0 spiro atoms. The number of rotatable bonds is 2. The van der Waals surface area contributed by atoms with E-state index in [-0.39, 0.29) is 0 Å². The number of benzene rings is 2. The molecule has 19 heavy (non-hydrogen) atoms. The van der Waals surface area contributed by atoms with Gasteiger partial charge in [0.15, 0.2) is 0 Å². The van der Waals surface area contributed by atoms with Crippen LogP contribution in [0.3, 0.4) is 0 Å². The first-order valence-electron chi connectivity index (χ1n) is 5.40. The molecule has 1 atom stereocenters. The molecule has 0 bridgehead atoms. The van der Waals surface area contributed by atoms with Crippen LogP contribution in [-0.2, 0) is 3.74 Å². The first-order valence-corrected chi connectivity index (χ1v) is 7.91. The smallest absolute Gasteiger partial charge is 0.140 e. The van der Waals surface area contributed by atoms with Gasteiger partial charge in [-0.25, -0.2) is 0 Å². The Kier molecular flexibility index (Phi) is 3.18. The second-order valence-electron chi connectivity index (χ2n) is 4.02. The average Bonchev–Trinajstić information content (AvgIpc) is 2.34. The summed E-state index contributed by atoms with van der Waals surface area (Å²) in [5, 5.41) is 5.37. The molecule has 4 nitrogen and oxygen atoms in total. The third-order valence-corrected chi connectivity index (χ3v) is 4.82. The van der Waals surface area contributed by atoms with Crippen molar-refractivity contribution < 1.29 is 28.0 Å². The Balaban J connectivity index is 2.05. The summed E-state index contributed by atoms with van der Waals surface area (Å²) in [5.74, 6) is 0. The fraction of sp³-hybridized carbons (Fsp3) is 0. The van der Waals surface area contributed by atoms with Crippen molar-refractivity contribution in [3.63, 3.8) is 0 Å². The molecule has 1 aliphatic heterocycles. The number of hydrogen-bond acceptors (Lipinski definition) is 4. The number of halogens is 1. The van der Waals surface area contributed by atoms with Crippen LogP contribution in [0.5, 0.6) is 0 Å². The summed E-state index contributed by atoms with van der Waals surface area (Å²) in [4.78, 5) is 0. The molecule has 3 rings (SSSR count). The van der Waals surface area contributed by atoms with Crippen LogP contribution in [0.1, 0.15) is 11.1 Å². The molecule has 0 saturated heterocycles. The van der Waals surface area contributed by atoms with E-state index >= 15 is 0 Å². The summed E-state index contributed by atoms with van der Waals surface area (Å²) in [6.07, 6.45) is 1.77. The molecule has 0 radical (unpaired) electrons. The number of fused-ring (bicyclic) bond motifs is 2. The van der Waals surface area contributed by atoms with E-state index in [2.05, 4.69) is 3.74 Å². The van der Waals surface area contributed by atoms with Crippen LogP contribution in [0.25, 0.3) is 16.8 Å². The normalized spacial score (nSPS) is 18.2. The third-order valence-electron chi connectivity index (χ3n) is 2.73. The van der Waals surface area contributed by atoms with Crippen molar-refractivity contribution >= 4 is 33.0 Å². The van der Waals surface area contributed by atoms with Crippen molar-refractivity contribution in [1.82, 2.24) is 0 Å². The Morgan fingerprint density at radius 1 is 0.947 bits per heavy atom. The first-order chi connectivity index (χ1) is 9.01. The van der Waals surface area contributed by atoms with Crippen molar-refractivity contribution in [2.75, 3.05) is 0 Å². The summed E-state index contributed by atoms with van der Waals surface area (Å²) in [6.45, 7) is 0. The van der Waals surface area contributed by atoms with Gasteiger partial charge in [-0.3, -0.25) is 0 Å². The minimum absolute atomic E-state index is 0.864. The molecule has 98 valence electrons. The fourth-order valence-corrected chi connectivity index (χ4v) is 3.79. The minimum atomic E-state index is -4.41. The minimum Gasteiger partial charge on any atom is -0.182 e. The van der Waals surface area contributed by atoms with Gasteiger partial charge in [0.1, 0.15) is 14.5 Å². The van der Waals surface area contributed by atoms with Crippen LogP contribution < -0.4 is 14.0 Å². The lowest BCUT2D eigenvalue weighted by molar-refractivity contribution is -1.91. The Bertz CT molecular complexity index is 703. The van der Waals surface area contributed by atoms with Crippen LogP contribution >= 0.6 is 10.8 Å². The summed E-state index contributed by atoms with van der Waals surface area (Å²) in [7, 11) is -5.55. The van der Waals surface area contributed by atoms with Gasteiger partial charge in [0.2, 0.25) is 0 Å². The van der Waals surface area contributed by atoms with E-state index in [4.69, 9.17) is 0 Å². The monoisotopic (exact) mass is 296 g/mol. The van der Waals surface area contributed by atoms with Gasteiger partial charge in [-0.2, -0.15) is 14.0 Å². The molecule has 0 amide bonds. The van der Waals surface area contributed by atoms with Gasteiger partial charge in [-0.1, -0.05) is 24.3 Å². The molecule has 1 aliphatic rings. The highest BCUT2D eigenvalue weighted by atomic mass is 35.7. The zero-order valence-electron chi connectivity index (χ0n) is 9.62. The van der Waals surface area contributed by atoms with E-state index in [9.17, 15) is 14.0 Å². The van der Waals surface area contributed by atoms with Gasteiger partial charge in [0.05, 0.1) is 10.2 Å². The molecule has 0 N–H and O–H groups in total. The maximum atomic E-state index is 10.6. The highest BCUT2D eigenvalue weighted by Crippen LogP contribution is 2.30. The van der Waals surface area contributed by atoms with E-state index < -0.39 is 21.0 Å². The molecular formula is C13H9ClO4S. The Hall–Kier alpha value is -1.21. The standard InChI is InChI=1S/C13H9ClO4S/c15-14(16,17)18-19-6-5-12-7-10-3-1-2-4-11(10)8-13(12)9-19/h1-9H. The van der Waals surface area contributed by atoms with Gasteiger partial charge in [-0.05, 0) is 40.1 Å². The maximum absolute atomic E-state index is 10.6. The largest absolute Gasteiger partial charge is 0.182 e. The lowest BCUT2D eigenvalue weighted by Crippen LogP contribution is -2.60. The van der Waals surface area contributed by atoms with E-state index in [0.29, 0.717) is 0 Å². The SMILES string of the molecule is [O-][Cl+3]([O-])([O-])OS1=Cc2cc3ccccc3cc2C=C1.